The highest BCUT2D eigenvalue weighted by molar-refractivity contribution is 6.11. The molecular weight excluding hydrogens is 412 g/mol. The monoisotopic (exact) mass is 444 g/mol. The first kappa shape index (κ1) is 22.6. The fraction of sp³-hybridized carbons (Fsp3) is 0.583. The van der Waals surface area contributed by atoms with E-state index in [-0.39, 0.29) is 35.6 Å². The molecule has 8 nitrogen and oxygen atoms in total. The van der Waals surface area contributed by atoms with Crippen LogP contribution in [0.5, 0.6) is 11.5 Å². The lowest BCUT2D eigenvalue weighted by molar-refractivity contribution is -0.138. The summed E-state index contributed by atoms with van der Waals surface area (Å²) in [6.45, 7) is 1.11. The van der Waals surface area contributed by atoms with Crippen molar-refractivity contribution in [3.63, 3.8) is 0 Å². The molecular formula is C24H32N2O6. The Kier molecular flexibility index (Phi) is 6.44. The molecule has 1 fully saturated rings. The number of fused-ring (bicyclic) bond motifs is 1. The van der Waals surface area contributed by atoms with Crippen LogP contribution in [0.25, 0.3) is 0 Å². The van der Waals surface area contributed by atoms with Crippen molar-refractivity contribution in [2.45, 2.75) is 37.5 Å². The van der Waals surface area contributed by atoms with Crippen LogP contribution in [-0.2, 0) is 19.1 Å². The Balaban J connectivity index is 1.80. The number of rotatable bonds is 7. The number of amides is 1. The van der Waals surface area contributed by atoms with Crippen LogP contribution >= 0.6 is 0 Å². The van der Waals surface area contributed by atoms with Crippen LogP contribution in [0, 0.1) is 5.92 Å². The molecule has 4 unspecified atom stereocenters. The van der Waals surface area contributed by atoms with E-state index in [4.69, 9.17) is 18.9 Å². The molecule has 2 aliphatic heterocycles. The van der Waals surface area contributed by atoms with Crippen molar-refractivity contribution in [1.29, 1.82) is 0 Å². The second-order valence-corrected chi connectivity index (χ2v) is 8.83. The molecule has 0 radical (unpaired) electrons. The molecule has 4 rings (SSSR count). The molecule has 174 valence electrons. The van der Waals surface area contributed by atoms with Gasteiger partial charge in [0.2, 0.25) is 0 Å². The van der Waals surface area contributed by atoms with Gasteiger partial charge < -0.3 is 28.7 Å². The van der Waals surface area contributed by atoms with Gasteiger partial charge in [-0.15, -0.1) is 0 Å². The average Bonchev–Trinajstić information content (AvgIpc) is 3.08. The van der Waals surface area contributed by atoms with Crippen LogP contribution in [0.4, 0.5) is 0 Å². The van der Waals surface area contributed by atoms with Gasteiger partial charge in [-0.1, -0.05) is 12.1 Å². The van der Waals surface area contributed by atoms with E-state index in [1.807, 2.05) is 31.1 Å². The van der Waals surface area contributed by atoms with Gasteiger partial charge in [0.1, 0.15) is 6.10 Å². The maximum Gasteiger partial charge on any atom is 0.290 e. The van der Waals surface area contributed by atoms with E-state index in [9.17, 15) is 9.59 Å². The number of hydrogen-bond donors (Lipinski definition) is 0. The predicted octanol–water partition coefficient (Wildman–Crippen LogP) is 2.19. The maximum atomic E-state index is 13.8. The van der Waals surface area contributed by atoms with Crippen molar-refractivity contribution in [2.24, 2.45) is 5.92 Å². The van der Waals surface area contributed by atoms with E-state index in [1.165, 1.54) is 0 Å². The lowest BCUT2D eigenvalue weighted by Gasteiger charge is -2.38. The van der Waals surface area contributed by atoms with E-state index in [2.05, 4.69) is 0 Å². The summed E-state index contributed by atoms with van der Waals surface area (Å²) in [5, 5.41) is 0. The van der Waals surface area contributed by atoms with Gasteiger partial charge in [0.05, 0.1) is 37.9 Å². The zero-order valence-electron chi connectivity index (χ0n) is 19.4. The third-order valence-electron chi connectivity index (χ3n) is 6.75. The van der Waals surface area contributed by atoms with Gasteiger partial charge in [0.25, 0.3) is 5.91 Å². The van der Waals surface area contributed by atoms with E-state index in [1.54, 1.807) is 32.3 Å². The van der Waals surface area contributed by atoms with Crippen molar-refractivity contribution in [3.8, 4) is 11.5 Å². The van der Waals surface area contributed by atoms with Crippen LogP contribution in [0.3, 0.4) is 0 Å². The first-order valence-corrected chi connectivity index (χ1v) is 11.1. The van der Waals surface area contributed by atoms with Gasteiger partial charge in [-0.2, -0.15) is 0 Å². The molecule has 8 heteroatoms. The van der Waals surface area contributed by atoms with Gasteiger partial charge in [-0.3, -0.25) is 9.59 Å². The van der Waals surface area contributed by atoms with Crippen molar-refractivity contribution in [1.82, 2.24) is 9.80 Å². The molecule has 1 aliphatic carbocycles. The molecule has 0 spiro atoms. The van der Waals surface area contributed by atoms with Crippen LogP contribution in [0.2, 0.25) is 0 Å². The Morgan fingerprint density at radius 3 is 2.56 bits per heavy atom. The van der Waals surface area contributed by atoms with Crippen LogP contribution < -0.4 is 9.47 Å². The van der Waals surface area contributed by atoms with Crippen molar-refractivity contribution in [2.75, 3.05) is 48.5 Å². The normalized spacial score (nSPS) is 27.4. The molecule has 0 N–H and O–H groups in total. The minimum absolute atomic E-state index is 0.00128. The molecule has 1 aromatic rings. The number of ether oxygens (including phenoxy) is 4. The number of likely N-dealkylation sites (N-methyl/N-ethyl adjacent to an activating group) is 1. The summed E-state index contributed by atoms with van der Waals surface area (Å²) in [5.74, 6) is 0.753. The predicted molar refractivity (Wildman–Crippen MR) is 118 cm³/mol. The van der Waals surface area contributed by atoms with Gasteiger partial charge >= 0.3 is 0 Å². The molecule has 0 bridgehead atoms. The molecule has 32 heavy (non-hydrogen) atoms. The molecule has 1 aromatic carbocycles. The summed E-state index contributed by atoms with van der Waals surface area (Å²) in [4.78, 5) is 31.0. The molecule has 1 saturated carbocycles. The highest BCUT2D eigenvalue weighted by Crippen LogP contribution is 2.49. The summed E-state index contributed by atoms with van der Waals surface area (Å²) < 4.78 is 22.9. The number of carbonyl (C=O) groups is 2. The molecule has 0 aromatic heterocycles. The second-order valence-electron chi connectivity index (χ2n) is 8.83. The third kappa shape index (κ3) is 3.75. The molecule has 2 heterocycles. The smallest absolute Gasteiger partial charge is 0.290 e. The van der Waals surface area contributed by atoms with Gasteiger partial charge in [-0.05, 0) is 33.0 Å². The number of benzene rings is 1. The number of carbonyl (C=O) groups excluding carboxylic acids is 2. The lowest BCUT2D eigenvalue weighted by Crippen LogP contribution is -2.43. The van der Waals surface area contributed by atoms with Crippen LogP contribution in [0.15, 0.2) is 29.5 Å². The Labute approximate surface area is 189 Å². The fourth-order valence-electron chi connectivity index (χ4n) is 5.08. The Morgan fingerprint density at radius 1 is 1.12 bits per heavy atom. The van der Waals surface area contributed by atoms with E-state index in [0.717, 1.165) is 12.0 Å². The summed E-state index contributed by atoms with van der Waals surface area (Å²) in [7, 11) is 8.73. The standard InChI is InChI=1S/C24H32N2O6/c1-25(2)11-12-26-20(16-7-6-8-17(30-4)22(16)31-5)19-21(27)15-10-9-14(29-3)13-18(15)32-23(19)24(26)28/h6-8,14-15,18,20H,9-13H2,1-5H3. The summed E-state index contributed by atoms with van der Waals surface area (Å²) in [5.41, 5.74) is 1.17. The van der Waals surface area contributed by atoms with E-state index in [0.29, 0.717) is 43.0 Å². The fourth-order valence-corrected chi connectivity index (χ4v) is 5.08. The lowest BCUT2D eigenvalue weighted by atomic mass is 9.76. The number of ketones is 1. The first-order valence-electron chi connectivity index (χ1n) is 11.1. The van der Waals surface area contributed by atoms with Gasteiger partial charge in [-0.25, -0.2) is 0 Å². The zero-order chi connectivity index (χ0) is 23.0. The molecule has 4 atom stereocenters. The largest absolute Gasteiger partial charge is 0.493 e. The Bertz CT molecular complexity index is 927. The number of methoxy groups -OCH3 is 3. The second kappa shape index (κ2) is 9.11. The quantitative estimate of drug-likeness (QED) is 0.638. The maximum absolute atomic E-state index is 13.8. The molecule has 0 saturated heterocycles. The van der Waals surface area contributed by atoms with Crippen molar-refractivity contribution < 1.29 is 28.5 Å². The van der Waals surface area contributed by atoms with Gasteiger partial charge in [0.15, 0.2) is 23.0 Å². The van der Waals surface area contributed by atoms with Gasteiger partial charge in [0, 0.05) is 32.2 Å². The number of para-hydroxylation sites is 1. The topological polar surface area (TPSA) is 77.5 Å². The van der Waals surface area contributed by atoms with E-state index >= 15 is 0 Å². The zero-order valence-corrected chi connectivity index (χ0v) is 19.4. The minimum atomic E-state index is -0.573. The number of hydrogen-bond acceptors (Lipinski definition) is 7. The third-order valence-corrected chi connectivity index (χ3v) is 6.75. The number of nitrogens with zero attached hydrogens (tertiary/aromatic N) is 2. The molecule has 3 aliphatic rings. The van der Waals surface area contributed by atoms with Crippen LogP contribution in [0.1, 0.15) is 30.9 Å². The Hall–Kier alpha value is -2.58. The molecule has 1 amide bonds. The highest BCUT2D eigenvalue weighted by Gasteiger charge is 2.53. The van der Waals surface area contributed by atoms with Crippen molar-refractivity contribution in [3.05, 3.63) is 35.1 Å². The van der Waals surface area contributed by atoms with Crippen LogP contribution in [-0.4, -0.2) is 82.2 Å². The average molecular weight is 445 g/mol. The Morgan fingerprint density at radius 2 is 1.91 bits per heavy atom. The van der Waals surface area contributed by atoms with Crippen molar-refractivity contribution >= 4 is 11.7 Å². The van der Waals surface area contributed by atoms with E-state index < -0.39 is 6.04 Å². The number of Topliss-reactive ketones (excluding diaryl/α,β-unsaturated/α-hetero) is 1. The first-order chi connectivity index (χ1) is 15.4. The summed E-state index contributed by atoms with van der Waals surface area (Å²) >= 11 is 0. The summed E-state index contributed by atoms with van der Waals surface area (Å²) in [6, 6.07) is 4.97. The SMILES string of the molecule is COc1cccc(C2C3=C(OC4CC(OC)CCC4C3=O)C(=O)N2CCN(C)C)c1OC. The minimum Gasteiger partial charge on any atom is -0.493 e. The summed E-state index contributed by atoms with van der Waals surface area (Å²) in [6.07, 6.45) is 1.82. The highest BCUT2D eigenvalue weighted by atomic mass is 16.5.